The van der Waals surface area contributed by atoms with Gasteiger partial charge in [-0.05, 0) is 17.9 Å². The molecule has 6 fully saturated rings. The molecular formula is C20H16O2. The monoisotopic (exact) mass is 288 g/mol. The fraction of sp³-hybridized carbons (Fsp3) is 0.400. The summed E-state index contributed by atoms with van der Waals surface area (Å²) in [6, 6.07) is 10.5. The lowest BCUT2D eigenvalue weighted by atomic mass is 9.17. The first-order chi connectivity index (χ1) is 10.7. The van der Waals surface area contributed by atoms with Crippen LogP contribution in [0.25, 0.3) is 0 Å². The molecule has 1 aromatic rings. The molecule has 0 heterocycles. The molecule has 0 aromatic heterocycles. The Labute approximate surface area is 128 Å². The summed E-state index contributed by atoms with van der Waals surface area (Å²) in [6.45, 7) is 0. The quantitative estimate of drug-likeness (QED) is 0.796. The minimum atomic E-state index is -0.130. The maximum absolute atomic E-state index is 13.0. The van der Waals surface area contributed by atoms with Crippen LogP contribution >= 0.6 is 0 Å². The molecular weight excluding hydrogens is 272 g/mol. The molecule has 1 aromatic carbocycles. The molecule has 108 valence electrons. The van der Waals surface area contributed by atoms with E-state index in [9.17, 15) is 9.59 Å². The number of benzene rings is 1. The third-order valence-electron chi connectivity index (χ3n) is 7.46. The second kappa shape index (κ2) is 3.19. The van der Waals surface area contributed by atoms with Crippen molar-refractivity contribution >= 4 is 11.6 Å². The van der Waals surface area contributed by atoms with Crippen molar-refractivity contribution in [1.29, 1.82) is 0 Å². The molecule has 7 atom stereocenters. The van der Waals surface area contributed by atoms with Crippen LogP contribution in [0.2, 0.25) is 0 Å². The average Bonchev–Trinajstić information content (AvgIpc) is 2.47. The maximum Gasteiger partial charge on any atom is 0.142 e. The Bertz CT molecular complexity index is 804. The highest BCUT2D eigenvalue weighted by Gasteiger charge is 2.88. The van der Waals surface area contributed by atoms with Crippen molar-refractivity contribution in [1.82, 2.24) is 0 Å². The standard InChI is InChI=1S/C20H16O2/c21-17-12-10-20(11-6-2-1-3-7-11)15(12)18(22)14-13-8-4-5-9-19(13,20)16(14)17/h1-9,12-16H,10H2. The molecule has 6 saturated carbocycles. The Hall–Kier alpha value is -1.96. The summed E-state index contributed by atoms with van der Waals surface area (Å²) in [5.41, 5.74) is 1.01. The van der Waals surface area contributed by atoms with Crippen molar-refractivity contribution in [2.75, 3.05) is 0 Å². The fourth-order valence-electron chi connectivity index (χ4n) is 6.91. The van der Waals surface area contributed by atoms with Gasteiger partial charge in [-0.3, -0.25) is 9.59 Å². The predicted molar refractivity (Wildman–Crippen MR) is 80.9 cm³/mol. The van der Waals surface area contributed by atoms with E-state index in [0.717, 1.165) is 6.42 Å². The van der Waals surface area contributed by atoms with Gasteiger partial charge in [0.25, 0.3) is 0 Å². The second-order valence-corrected chi connectivity index (χ2v) is 7.64. The minimum absolute atomic E-state index is 0.000151. The van der Waals surface area contributed by atoms with Gasteiger partial charge in [0.1, 0.15) is 11.6 Å². The van der Waals surface area contributed by atoms with Crippen LogP contribution in [0.15, 0.2) is 54.6 Å². The van der Waals surface area contributed by atoms with E-state index in [2.05, 4.69) is 48.6 Å². The molecule has 7 unspecified atom stereocenters. The molecule has 22 heavy (non-hydrogen) atoms. The van der Waals surface area contributed by atoms with Gasteiger partial charge in [-0.1, -0.05) is 54.6 Å². The van der Waals surface area contributed by atoms with Crippen LogP contribution in [0, 0.1) is 35.0 Å². The van der Waals surface area contributed by atoms with Crippen molar-refractivity contribution in [3.63, 3.8) is 0 Å². The Morgan fingerprint density at radius 2 is 1.77 bits per heavy atom. The molecule has 0 radical (unpaired) electrons. The Balaban J connectivity index is 1.68. The van der Waals surface area contributed by atoms with Crippen molar-refractivity contribution < 1.29 is 9.59 Å². The summed E-state index contributed by atoms with van der Waals surface area (Å²) in [5.74, 6) is 0.823. The van der Waals surface area contributed by atoms with Gasteiger partial charge < -0.3 is 0 Å². The van der Waals surface area contributed by atoms with E-state index in [4.69, 9.17) is 0 Å². The smallest absolute Gasteiger partial charge is 0.142 e. The number of carbonyl (C=O) groups excluding carboxylic acids is 2. The average molecular weight is 288 g/mol. The highest BCUT2D eigenvalue weighted by molar-refractivity contribution is 6.08. The maximum atomic E-state index is 13.0. The molecule has 7 aliphatic rings. The van der Waals surface area contributed by atoms with E-state index in [-0.39, 0.29) is 40.4 Å². The molecule has 1 spiro atoms. The zero-order valence-corrected chi connectivity index (χ0v) is 12.1. The van der Waals surface area contributed by atoms with Gasteiger partial charge in [-0.25, -0.2) is 0 Å². The number of hydrogen-bond acceptors (Lipinski definition) is 2. The molecule has 2 heteroatoms. The summed E-state index contributed by atoms with van der Waals surface area (Å²) in [7, 11) is 0. The van der Waals surface area contributed by atoms with Gasteiger partial charge in [-0.2, -0.15) is 0 Å². The third kappa shape index (κ3) is 0.818. The lowest BCUT2D eigenvalue weighted by Crippen LogP contribution is -2.88. The van der Waals surface area contributed by atoms with Crippen molar-refractivity contribution in [2.45, 2.75) is 11.8 Å². The number of ketones is 2. The van der Waals surface area contributed by atoms with Gasteiger partial charge in [-0.15, -0.1) is 0 Å². The molecule has 7 aliphatic carbocycles. The molecule has 2 nitrogen and oxygen atoms in total. The SMILES string of the molecule is O=C1C2C3C=CC=CC34C2C(=O)C2CC4(c3ccccc3)C12. The molecule has 0 N–H and O–H groups in total. The molecule has 0 saturated heterocycles. The zero-order valence-electron chi connectivity index (χ0n) is 12.1. The lowest BCUT2D eigenvalue weighted by molar-refractivity contribution is -0.259. The number of Topliss-reactive ketones (excluding diaryl/α,β-unsaturated/α-hetero) is 2. The summed E-state index contributed by atoms with van der Waals surface area (Å²) in [6.07, 6.45) is 9.48. The fourth-order valence-corrected chi connectivity index (χ4v) is 6.91. The third-order valence-corrected chi connectivity index (χ3v) is 7.46. The normalized spacial score (nSPS) is 52.1. The van der Waals surface area contributed by atoms with Crippen molar-refractivity contribution in [3.8, 4) is 0 Å². The van der Waals surface area contributed by atoms with Crippen LogP contribution in [-0.2, 0) is 15.0 Å². The predicted octanol–water partition coefficient (Wildman–Crippen LogP) is 2.70. The Morgan fingerprint density at radius 3 is 2.59 bits per heavy atom. The van der Waals surface area contributed by atoms with E-state index in [1.165, 1.54) is 5.56 Å². The largest absolute Gasteiger partial charge is 0.299 e. The van der Waals surface area contributed by atoms with Crippen LogP contribution in [0.1, 0.15) is 12.0 Å². The van der Waals surface area contributed by atoms with Crippen LogP contribution in [0.5, 0.6) is 0 Å². The van der Waals surface area contributed by atoms with Gasteiger partial charge in [0.05, 0.1) is 0 Å². The number of allylic oxidation sites excluding steroid dienone is 4. The van der Waals surface area contributed by atoms with E-state index in [0.29, 0.717) is 11.6 Å². The number of carbonyl (C=O) groups is 2. The molecule has 0 aliphatic heterocycles. The number of hydrogen-bond donors (Lipinski definition) is 0. The highest BCUT2D eigenvalue weighted by atomic mass is 16.1. The van der Waals surface area contributed by atoms with Gasteiger partial charge in [0.2, 0.25) is 0 Å². The summed E-state index contributed by atoms with van der Waals surface area (Å²) in [4.78, 5) is 25.9. The van der Waals surface area contributed by atoms with Crippen molar-refractivity contribution in [2.24, 2.45) is 35.0 Å². The molecule has 8 rings (SSSR count). The zero-order chi connectivity index (χ0) is 14.7. The lowest BCUT2D eigenvalue weighted by Gasteiger charge is -2.82. The van der Waals surface area contributed by atoms with E-state index < -0.39 is 0 Å². The second-order valence-electron chi connectivity index (χ2n) is 7.64. The Morgan fingerprint density at radius 1 is 0.955 bits per heavy atom. The van der Waals surface area contributed by atoms with Crippen LogP contribution < -0.4 is 0 Å². The summed E-state index contributed by atoms with van der Waals surface area (Å²) in [5, 5.41) is 0. The minimum Gasteiger partial charge on any atom is -0.299 e. The summed E-state index contributed by atoms with van der Waals surface area (Å²) >= 11 is 0. The van der Waals surface area contributed by atoms with Crippen LogP contribution in [0.4, 0.5) is 0 Å². The topological polar surface area (TPSA) is 34.1 Å². The van der Waals surface area contributed by atoms with Gasteiger partial charge in [0.15, 0.2) is 0 Å². The first-order valence-electron chi connectivity index (χ1n) is 8.22. The molecule has 6 bridgehead atoms. The van der Waals surface area contributed by atoms with E-state index >= 15 is 0 Å². The Kier molecular flexibility index (Phi) is 1.68. The van der Waals surface area contributed by atoms with E-state index in [1.54, 1.807) is 0 Å². The first kappa shape index (κ1) is 11.6. The molecule has 0 amide bonds. The summed E-state index contributed by atoms with van der Waals surface area (Å²) < 4.78 is 0. The van der Waals surface area contributed by atoms with E-state index in [1.807, 2.05) is 6.07 Å². The van der Waals surface area contributed by atoms with Gasteiger partial charge in [0, 0.05) is 34.5 Å². The highest BCUT2D eigenvalue weighted by Crippen LogP contribution is 2.84. The van der Waals surface area contributed by atoms with Crippen molar-refractivity contribution in [3.05, 3.63) is 60.2 Å². The van der Waals surface area contributed by atoms with Gasteiger partial charge >= 0.3 is 0 Å². The number of rotatable bonds is 1. The van der Waals surface area contributed by atoms with Crippen LogP contribution in [-0.4, -0.2) is 11.6 Å². The van der Waals surface area contributed by atoms with Crippen LogP contribution in [0.3, 0.4) is 0 Å². The first-order valence-corrected chi connectivity index (χ1v) is 8.22.